The minimum atomic E-state index is -0.272. The fraction of sp³-hybridized carbons (Fsp3) is 0.233. The molecule has 0 spiro atoms. The third-order valence-corrected chi connectivity index (χ3v) is 5.90. The summed E-state index contributed by atoms with van der Waals surface area (Å²) in [4.78, 5) is 18.0. The molecule has 0 saturated heterocycles. The number of para-hydroxylation sites is 1. The second-order valence-corrected chi connectivity index (χ2v) is 8.86. The zero-order chi connectivity index (χ0) is 24.8. The van der Waals surface area contributed by atoms with Crippen LogP contribution in [0, 0.1) is 0 Å². The molecule has 4 aromatic rings. The van der Waals surface area contributed by atoms with E-state index in [0.717, 1.165) is 39.9 Å². The second-order valence-electron chi connectivity index (χ2n) is 8.86. The molecular weight excluding hydrogens is 434 g/mol. The number of fused-ring (bicyclic) bond motifs is 1. The number of nitrogens with zero attached hydrogens (tertiary/aromatic N) is 2. The van der Waals surface area contributed by atoms with Crippen molar-refractivity contribution >= 4 is 22.5 Å². The number of benzene rings is 3. The van der Waals surface area contributed by atoms with Crippen molar-refractivity contribution in [2.75, 3.05) is 6.61 Å². The van der Waals surface area contributed by atoms with E-state index in [1.165, 1.54) is 5.56 Å². The fourth-order valence-corrected chi connectivity index (χ4v) is 3.82. The number of ether oxygens (including phenoxy) is 1. The summed E-state index contributed by atoms with van der Waals surface area (Å²) in [6.45, 7) is 8.97. The van der Waals surface area contributed by atoms with E-state index >= 15 is 0 Å². The lowest BCUT2D eigenvalue weighted by molar-refractivity contribution is 0.0956. The Balaban J connectivity index is 1.60. The van der Waals surface area contributed by atoms with Crippen LogP contribution in [-0.4, -0.2) is 23.2 Å². The van der Waals surface area contributed by atoms with Crippen molar-refractivity contribution in [1.82, 2.24) is 10.4 Å². The molecule has 35 heavy (non-hydrogen) atoms. The molecule has 0 aliphatic rings. The van der Waals surface area contributed by atoms with Gasteiger partial charge in [-0.15, -0.1) is 0 Å². The molecular formula is C30H31N3O2. The van der Waals surface area contributed by atoms with Gasteiger partial charge in [0, 0.05) is 10.9 Å². The molecule has 5 heteroatoms. The second kappa shape index (κ2) is 11.0. The summed E-state index contributed by atoms with van der Waals surface area (Å²) in [5, 5.41) is 5.15. The average molecular weight is 466 g/mol. The van der Waals surface area contributed by atoms with Gasteiger partial charge in [0.1, 0.15) is 5.75 Å². The Morgan fingerprint density at radius 2 is 1.71 bits per heavy atom. The molecule has 0 atom stereocenters. The summed E-state index contributed by atoms with van der Waals surface area (Å²) in [7, 11) is 0. The number of amides is 1. The molecule has 0 aliphatic heterocycles. The Bertz CT molecular complexity index is 1340. The van der Waals surface area contributed by atoms with Crippen LogP contribution in [-0.2, 0) is 0 Å². The number of hydrazone groups is 1. The molecule has 0 unspecified atom stereocenters. The van der Waals surface area contributed by atoms with Gasteiger partial charge in [-0.1, -0.05) is 63.2 Å². The molecule has 0 fully saturated rings. The highest BCUT2D eigenvalue weighted by Gasteiger charge is 2.14. The van der Waals surface area contributed by atoms with Crippen LogP contribution < -0.4 is 10.2 Å². The summed E-state index contributed by atoms with van der Waals surface area (Å²) in [5.74, 6) is 1.01. The number of carbonyl (C=O) groups excluding carboxylic acids is 1. The van der Waals surface area contributed by atoms with Crippen LogP contribution in [0.25, 0.3) is 22.2 Å². The van der Waals surface area contributed by atoms with Gasteiger partial charge in [0.2, 0.25) is 0 Å². The first kappa shape index (κ1) is 24.1. The lowest BCUT2D eigenvalue weighted by Crippen LogP contribution is -2.20. The van der Waals surface area contributed by atoms with Gasteiger partial charge in [-0.3, -0.25) is 4.79 Å². The van der Waals surface area contributed by atoms with Gasteiger partial charge >= 0.3 is 0 Å². The zero-order valence-electron chi connectivity index (χ0n) is 20.7. The number of hydrogen-bond acceptors (Lipinski definition) is 4. The molecule has 1 heterocycles. The van der Waals surface area contributed by atoms with Crippen LogP contribution in [0.5, 0.6) is 5.75 Å². The number of aromatic nitrogens is 1. The quantitative estimate of drug-likeness (QED) is 0.226. The van der Waals surface area contributed by atoms with Crippen LogP contribution in [0.2, 0.25) is 0 Å². The first-order chi connectivity index (χ1) is 17.0. The molecule has 0 bridgehead atoms. The van der Waals surface area contributed by atoms with Crippen LogP contribution in [0.4, 0.5) is 0 Å². The summed E-state index contributed by atoms with van der Waals surface area (Å²) >= 11 is 0. The topological polar surface area (TPSA) is 63.6 Å². The van der Waals surface area contributed by atoms with Crippen molar-refractivity contribution in [2.24, 2.45) is 5.10 Å². The standard InChI is InChI=1S/C30H31N3O2/c1-5-18-35-25-16-14-23(15-17-25)21(4)32-33-30(34)27-19-29(31-28-9-7-6-8-26(27)28)24-12-10-22(11-13-24)20(2)3/h6-17,19-20H,5,18H2,1-4H3,(H,33,34)/b32-21-. The minimum Gasteiger partial charge on any atom is -0.494 e. The molecule has 5 nitrogen and oxygen atoms in total. The van der Waals surface area contributed by atoms with Crippen LogP contribution in [0.1, 0.15) is 61.5 Å². The predicted molar refractivity (Wildman–Crippen MR) is 143 cm³/mol. The van der Waals surface area contributed by atoms with E-state index in [1.54, 1.807) is 0 Å². The molecule has 4 rings (SSSR count). The smallest absolute Gasteiger partial charge is 0.272 e. The monoisotopic (exact) mass is 465 g/mol. The Morgan fingerprint density at radius 1 is 1.00 bits per heavy atom. The number of rotatable bonds is 8. The first-order valence-corrected chi connectivity index (χ1v) is 12.0. The third kappa shape index (κ3) is 5.75. The van der Waals surface area contributed by atoms with Gasteiger partial charge in [0.15, 0.2) is 0 Å². The van der Waals surface area contributed by atoms with E-state index in [2.05, 4.69) is 55.6 Å². The average Bonchev–Trinajstić information content (AvgIpc) is 2.90. The Hall–Kier alpha value is -3.99. The molecule has 1 amide bonds. The van der Waals surface area contributed by atoms with Crippen LogP contribution >= 0.6 is 0 Å². The highest BCUT2D eigenvalue weighted by molar-refractivity contribution is 6.08. The van der Waals surface area contributed by atoms with E-state index in [1.807, 2.05) is 61.5 Å². The lowest BCUT2D eigenvalue weighted by Gasteiger charge is -2.11. The maximum atomic E-state index is 13.2. The number of carbonyl (C=O) groups is 1. The van der Waals surface area contributed by atoms with E-state index in [-0.39, 0.29) is 5.91 Å². The van der Waals surface area contributed by atoms with E-state index in [0.29, 0.717) is 23.8 Å². The fourth-order valence-electron chi connectivity index (χ4n) is 3.82. The van der Waals surface area contributed by atoms with Crippen LogP contribution in [0.3, 0.4) is 0 Å². The van der Waals surface area contributed by atoms with Crippen molar-refractivity contribution in [1.29, 1.82) is 0 Å². The van der Waals surface area contributed by atoms with E-state index in [9.17, 15) is 4.79 Å². The van der Waals surface area contributed by atoms with Gasteiger partial charge in [0.05, 0.1) is 29.1 Å². The largest absolute Gasteiger partial charge is 0.494 e. The predicted octanol–water partition coefficient (Wildman–Crippen LogP) is 6.97. The Kier molecular flexibility index (Phi) is 7.56. The number of hydrogen-bond donors (Lipinski definition) is 1. The van der Waals surface area contributed by atoms with Gasteiger partial charge < -0.3 is 4.74 Å². The summed E-state index contributed by atoms with van der Waals surface area (Å²) < 4.78 is 5.64. The highest BCUT2D eigenvalue weighted by atomic mass is 16.5. The maximum Gasteiger partial charge on any atom is 0.272 e. The molecule has 1 N–H and O–H groups in total. The molecule has 3 aromatic carbocycles. The van der Waals surface area contributed by atoms with Gasteiger partial charge in [-0.05, 0) is 66.8 Å². The Labute approximate surface area is 206 Å². The highest BCUT2D eigenvalue weighted by Crippen LogP contribution is 2.26. The molecule has 0 radical (unpaired) electrons. The minimum absolute atomic E-state index is 0.272. The first-order valence-electron chi connectivity index (χ1n) is 12.0. The van der Waals surface area contributed by atoms with Gasteiger partial charge in [-0.25, -0.2) is 10.4 Å². The number of pyridine rings is 1. The Morgan fingerprint density at radius 3 is 2.40 bits per heavy atom. The number of nitrogens with one attached hydrogen (secondary N) is 1. The van der Waals surface area contributed by atoms with E-state index in [4.69, 9.17) is 9.72 Å². The maximum absolute atomic E-state index is 13.2. The van der Waals surface area contributed by atoms with Crippen molar-refractivity contribution in [3.05, 3.63) is 95.6 Å². The summed E-state index contributed by atoms with van der Waals surface area (Å²) in [5.41, 5.74) is 8.66. The molecule has 0 aliphatic carbocycles. The zero-order valence-corrected chi connectivity index (χ0v) is 20.7. The molecule has 1 aromatic heterocycles. The van der Waals surface area contributed by atoms with Crippen molar-refractivity contribution in [2.45, 2.75) is 40.0 Å². The van der Waals surface area contributed by atoms with E-state index < -0.39 is 0 Å². The normalized spacial score (nSPS) is 11.6. The lowest BCUT2D eigenvalue weighted by atomic mass is 9.99. The van der Waals surface area contributed by atoms with Crippen molar-refractivity contribution < 1.29 is 9.53 Å². The SMILES string of the molecule is CCCOc1ccc(/C(C)=N\NC(=O)c2cc(-c3ccc(C(C)C)cc3)nc3ccccc23)cc1. The van der Waals surface area contributed by atoms with Crippen molar-refractivity contribution in [3.8, 4) is 17.0 Å². The molecule has 178 valence electrons. The van der Waals surface area contributed by atoms with Crippen LogP contribution in [0.15, 0.2) is 84.0 Å². The van der Waals surface area contributed by atoms with Gasteiger partial charge in [-0.2, -0.15) is 5.10 Å². The summed E-state index contributed by atoms with van der Waals surface area (Å²) in [6, 6.07) is 25.6. The molecule has 0 saturated carbocycles. The van der Waals surface area contributed by atoms with Crippen molar-refractivity contribution in [3.63, 3.8) is 0 Å². The third-order valence-electron chi connectivity index (χ3n) is 5.90. The van der Waals surface area contributed by atoms with Gasteiger partial charge in [0.25, 0.3) is 5.91 Å². The summed E-state index contributed by atoms with van der Waals surface area (Å²) in [6.07, 6.45) is 0.961.